The van der Waals surface area contributed by atoms with Crippen LogP contribution in [0.15, 0.2) is 0 Å². The van der Waals surface area contributed by atoms with Crippen LogP contribution in [0.2, 0.25) is 0 Å². The van der Waals surface area contributed by atoms with Crippen molar-refractivity contribution in [2.45, 2.75) is 40.2 Å². The number of hydrogen-bond acceptors (Lipinski definition) is 2. The zero-order valence-corrected chi connectivity index (χ0v) is 9.17. The SMILES string of the molecule is CC.CCO[C@H]1CCN(C(C)=O)C1. The van der Waals surface area contributed by atoms with Gasteiger partial charge in [0, 0.05) is 26.6 Å². The molecule has 1 fully saturated rings. The van der Waals surface area contributed by atoms with E-state index in [1.165, 1.54) is 0 Å². The zero-order chi connectivity index (χ0) is 10.3. The Balaban J connectivity index is 0.000000671. The van der Waals surface area contributed by atoms with E-state index in [9.17, 15) is 4.79 Å². The molecule has 0 aromatic rings. The van der Waals surface area contributed by atoms with E-state index in [0.717, 1.165) is 26.1 Å². The lowest BCUT2D eigenvalue weighted by Gasteiger charge is -2.13. The van der Waals surface area contributed by atoms with Gasteiger partial charge in [-0.3, -0.25) is 4.79 Å². The van der Waals surface area contributed by atoms with E-state index in [2.05, 4.69) is 0 Å². The minimum Gasteiger partial charge on any atom is -0.377 e. The largest absolute Gasteiger partial charge is 0.377 e. The van der Waals surface area contributed by atoms with E-state index < -0.39 is 0 Å². The van der Waals surface area contributed by atoms with Crippen molar-refractivity contribution in [1.29, 1.82) is 0 Å². The van der Waals surface area contributed by atoms with Gasteiger partial charge in [0.2, 0.25) is 5.91 Å². The molecule has 1 heterocycles. The molecule has 13 heavy (non-hydrogen) atoms. The molecule has 1 atom stereocenters. The summed E-state index contributed by atoms with van der Waals surface area (Å²) >= 11 is 0. The topological polar surface area (TPSA) is 29.5 Å². The number of amides is 1. The van der Waals surface area contributed by atoms with Crippen molar-refractivity contribution >= 4 is 5.91 Å². The van der Waals surface area contributed by atoms with Crippen LogP contribution in [-0.2, 0) is 9.53 Å². The van der Waals surface area contributed by atoms with E-state index in [1.807, 2.05) is 25.7 Å². The Hall–Kier alpha value is -0.570. The van der Waals surface area contributed by atoms with Crippen LogP contribution in [0.25, 0.3) is 0 Å². The molecule has 1 rings (SSSR count). The minimum atomic E-state index is 0.159. The second-order valence-corrected chi connectivity index (χ2v) is 2.83. The van der Waals surface area contributed by atoms with Crippen LogP contribution in [0.3, 0.4) is 0 Å². The summed E-state index contributed by atoms with van der Waals surface area (Å²) in [6.45, 7) is 9.98. The van der Waals surface area contributed by atoms with Crippen molar-refractivity contribution in [2.24, 2.45) is 0 Å². The van der Waals surface area contributed by atoms with Gasteiger partial charge in [0.05, 0.1) is 6.10 Å². The summed E-state index contributed by atoms with van der Waals surface area (Å²) in [5.74, 6) is 0.159. The molecule has 0 aromatic carbocycles. The summed E-state index contributed by atoms with van der Waals surface area (Å²) < 4.78 is 5.39. The number of rotatable bonds is 2. The smallest absolute Gasteiger partial charge is 0.219 e. The third-order valence-electron chi connectivity index (χ3n) is 1.99. The Morgan fingerprint density at radius 2 is 2.15 bits per heavy atom. The fourth-order valence-electron chi connectivity index (χ4n) is 1.39. The average molecular weight is 187 g/mol. The maximum Gasteiger partial charge on any atom is 0.219 e. The molecular formula is C10H21NO2. The first-order valence-electron chi connectivity index (χ1n) is 5.11. The maximum atomic E-state index is 10.9. The van der Waals surface area contributed by atoms with E-state index in [-0.39, 0.29) is 12.0 Å². The van der Waals surface area contributed by atoms with Gasteiger partial charge in [0.25, 0.3) is 0 Å². The molecule has 1 aliphatic rings. The molecule has 78 valence electrons. The van der Waals surface area contributed by atoms with Crippen LogP contribution in [0.5, 0.6) is 0 Å². The zero-order valence-electron chi connectivity index (χ0n) is 9.17. The standard InChI is InChI=1S/C8H15NO2.C2H6/c1-3-11-8-4-5-9(6-8)7(2)10;1-2/h8H,3-6H2,1-2H3;1-2H3/t8-;/m0./s1. The summed E-state index contributed by atoms with van der Waals surface area (Å²) in [5, 5.41) is 0. The quantitative estimate of drug-likeness (QED) is 0.658. The maximum absolute atomic E-state index is 10.9. The van der Waals surface area contributed by atoms with Crippen LogP contribution in [-0.4, -0.2) is 36.6 Å². The van der Waals surface area contributed by atoms with Crippen LogP contribution >= 0.6 is 0 Å². The van der Waals surface area contributed by atoms with Gasteiger partial charge < -0.3 is 9.64 Å². The Morgan fingerprint density at radius 3 is 2.54 bits per heavy atom. The van der Waals surface area contributed by atoms with Crippen molar-refractivity contribution < 1.29 is 9.53 Å². The summed E-state index contributed by atoms with van der Waals surface area (Å²) in [4.78, 5) is 12.7. The van der Waals surface area contributed by atoms with Crippen LogP contribution < -0.4 is 0 Å². The van der Waals surface area contributed by atoms with Gasteiger partial charge in [-0.1, -0.05) is 13.8 Å². The molecule has 0 spiro atoms. The molecule has 3 heteroatoms. The van der Waals surface area contributed by atoms with Crippen molar-refractivity contribution in [3.8, 4) is 0 Å². The van der Waals surface area contributed by atoms with Gasteiger partial charge in [-0.05, 0) is 13.3 Å². The predicted octanol–water partition coefficient (Wildman–Crippen LogP) is 1.67. The first-order chi connectivity index (χ1) is 6.24. The van der Waals surface area contributed by atoms with Crippen LogP contribution in [0, 0.1) is 0 Å². The Kier molecular flexibility index (Phi) is 6.59. The van der Waals surface area contributed by atoms with Gasteiger partial charge in [-0.25, -0.2) is 0 Å². The third-order valence-corrected chi connectivity index (χ3v) is 1.99. The Morgan fingerprint density at radius 1 is 1.54 bits per heavy atom. The lowest BCUT2D eigenvalue weighted by Crippen LogP contribution is -2.27. The molecule has 0 bridgehead atoms. The second-order valence-electron chi connectivity index (χ2n) is 2.83. The number of carbonyl (C=O) groups is 1. The molecule has 0 aliphatic carbocycles. The summed E-state index contributed by atoms with van der Waals surface area (Å²) in [6, 6.07) is 0. The highest BCUT2D eigenvalue weighted by Crippen LogP contribution is 2.11. The van der Waals surface area contributed by atoms with Crippen LogP contribution in [0.4, 0.5) is 0 Å². The number of hydrogen-bond donors (Lipinski definition) is 0. The summed E-state index contributed by atoms with van der Waals surface area (Å²) in [7, 11) is 0. The molecular weight excluding hydrogens is 166 g/mol. The molecule has 0 saturated carbocycles. The number of likely N-dealkylation sites (tertiary alicyclic amines) is 1. The fraction of sp³-hybridized carbons (Fsp3) is 0.900. The predicted molar refractivity (Wildman–Crippen MR) is 53.6 cm³/mol. The molecule has 0 radical (unpaired) electrons. The minimum absolute atomic E-state index is 0.159. The average Bonchev–Trinajstić information content (AvgIpc) is 2.57. The lowest BCUT2D eigenvalue weighted by atomic mass is 10.3. The highest BCUT2D eigenvalue weighted by atomic mass is 16.5. The van der Waals surface area contributed by atoms with Gasteiger partial charge in [0.15, 0.2) is 0 Å². The van der Waals surface area contributed by atoms with Gasteiger partial charge in [0.1, 0.15) is 0 Å². The fourth-order valence-corrected chi connectivity index (χ4v) is 1.39. The van der Waals surface area contributed by atoms with E-state index in [1.54, 1.807) is 6.92 Å². The molecule has 1 aliphatic heterocycles. The highest BCUT2D eigenvalue weighted by molar-refractivity contribution is 5.73. The third kappa shape index (κ3) is 4.27. The molecule has 1 saturated heterocycles. The first kappa shape index (κ1) is 12.4. The van der Waals surface area contributed by atoms with Crippen molar-refractivity contribution in [1.82, 2.24) is 4.90 Å². The second kappa shape index (κ2) is 6.89. The molecule has 0 N–H and O–H groups in total. The van der Waals surface area contributed by atoms with Crippen LogP contribution in [0.1, 0.15) is 34.1 Å². The first-order valence-corrected chi connectivity index (χ1v) is 5.11. The number of nitrogens with zero attached hydrogens (tertiary/aromatic N) is 1. The molecule has 1 amide bonds. The molecule has 3 nitrogen and oxygen atoms in total. The summed E-state index contributed by atoms with van der Waals surface area (Å²) in [6.07, 6.45) is 1.27. The summed E-state index contributed by atoms with van der Waals surface area (Å²) in [5.41, 5.74) is 0. The van der Waals surface area contributed by atoms with Crippen molar-refractivity contribution in [3.63, 3.8) is 0 Å². The van der Waals surface area contributed by atoms with E-state index in [4.69, 9.17) is 4.74 Å². The lowest BCUT2D eigenvalue weighted by molar-refractivity contribution is -0.128. The Labute approximate surface area is 81.1 Å². The van der Waals surface area contributed by atoms with Gasteiger partial charge in [-0.15, -0.1) is 0 Å². The normalized spacial score (nSPS) is 20.9. The van der Waals surface area contributed by atoms with Gasteiger partial charge in [-0.2, -0.15) is 0 Å². The van der Waals surface area contributed by atoms with E-state index in [0.29, 0.717) is 0 Å². The Bertz CT molecular complexity index is 148. The monoisotopic (exact) mass is 187 g/mol. The van der Waals surface area contributed by atoms with Crippen molar-refractivity contribution in [2.75, 3.05) is 19.7 Å². The molecule has 0 unspecified atom stereocenters. The van der Waals surface area contributed by atoms with E-state index >= 15 is 0 Å². The number of ether oxygens (including phenoxy) is 1. The number of carbonyl (C=O) groups excluding carboxylic acids is 1. The van der Waals surface area contributed by atoms with Crippen molar-refractivity contribution in [3.05, 3.63) is 0 Å². The highest BCUT2D eigenvalue weighted by Gasteiger charge is 2.23. The van der Waals surface area contributed by atoms with Gasteiger partial charge >= 0.3 is 0 Å². The molecule has 0 aromatic heterocycles.